The number of aromatic nitrogens is 2. The van der Waals surface area contributed by atoms with Gasteiger partial charge in [-0.1, -0.05) is 30.7 Å². The molecule has 0 fully saturated rings. The number of benzene rings is 2. The summed E-state index contributed by atoms with van der Waals surface area (Å²) in [6, 6.07) is 15.1. The van der Waals surface area contributed by atoms with Crippen molar-refractivity contribution >= 4 is 33.5 Å². The molecule has 0 saturated carbocycles. The van der Waals surface area contributed by atoms with Crippen LogP contribution in [-0.4, -0.2) is 55.5 Å². The third kappa shape index (κ3) is 11.2. The molecule has 224 valence electrons. The molecule has 2 aromatic carbocycles. The number of unbranched alkanes of at least 4 members (excludes halogenated alkanes) is 2. The number of hydrogen-bond acceptors (Lipinski definition) is 9. The number of halogens is 1. The van der Waals surface area contributed by atoms with E-state index in [0.717, 1.165) is 30.2 Å². The molecule has 0 saturated heterocycles. The number of sulfonamides is 1. The van der Waals surface area contributed by atoms with Gasteiger partial charge < -0.3 is 19.3 Å². The van der Waals surface area contributed by atoms with Gasteiger partial charge in [-0.05, 0) is 73.1 Å². The quantitative estimate of drug-likeness (QED) is 0.199. The number of carboxylic acid groups (broad SMARTS) is 1. The average Bonchev–Trinajstić information content (AvgIpc) is 2.93. The van der Waals surface area contributed by atoms with E-state index in [0.29, 0.717) is 53.8 Å². The third-order valence-electron chi connectivity index (χ3n) is 6.00. The number of rotatable bonds is 17. The zero-order chi connectivity index (χ0) is 30.5. The normalized spacial score (nSPS) is 11.9. The van der Waals surface area contributed by atoms with Crippen molar-refractivity contribution in [3.63, 3.8) is 0 Å². The fraction of sp³-hybridized carbons (Fsp3) is 0.379. The molecule has 1 aromatic heterocycles. The Morgan fingerprint density at radius 3 is 2.55 bits per heavy atom. The minimum Gasteiger partial charge on any atom is -0.491 e. The van der Waals surface area contributed by atoms with Crippen molar-refractivity contribution in [3.05, 3.63) is 76.1 Å². The Morgan fingerprint density at radius 2 is 1.86 bits per heavy atom. The molecule has 0 aliphatic carbocycles. The van der Waals surface area contributed by atoms with Gasteiger partial charge in [0.25, 0.3) is 0 Å². The van der Waals surface area contributed by atoms with E-state index < -0.39 is 16.0 Å². The SMILES string of the molecule is C[C@H](Cc1cc(Cl)c(OCCCCCOCC(=O)O)c(C#N)c1)c1ccc(OCc2ccnc(NS(C)(=O)=O)n2)cc1. The van der Waals surface area contributed by atoms with E-state index in [1.807, 2.05) is 30.3 Å². The van der Waals surface area contributed by atoms with Crippen LogP contribution >= 0.6 is 11.6 Å². The van der Waals surface area contributed by atoms with Crippen LogP contribution in [-0.2, 0) is 32.6 Å². The van der Waals surface area contributed by atoms with E-state index >= 15 is 0 Å². The average molecular weight is 617 g/mol. The number of anilines is 1. The first-order chi connectivity index (χ1) is 20.0. The van der Waals surface area contributed by atoms with Gasteiger partial charge in [0, 0.05) is 12.8 Å². The third-order valence-corrected chi connectivity index (χ3v) is 6.83. The van der Waals surface area contributed by atoms with Gasteiger partial charge in [0.1, 0.15) is 25.0 Å². The number of ether oxygens (including phenoxy) is 3. The lowest BCUT2D eigenvalue weighted by atomic mass is 9.93. The molecule has 0 aliphatic heterocycles. The molecule has 13 heteroatoms. The minimum atomic E-state index is -3.48. The maximum absolute atomic E-state index is 11.4. The van der Waals surface area contributed by atoms with Gasteiger partial charge in [-0.25, -0.2) is 23.2 Å². The van der Waals surface area contributed by atoms with Gasteiger partial charge in [-0.3, -0.25) is 4.72 Å². The zero-order valence-corrected chi connectivity index (χ0v) is 24.9. The number of nitrogens with one attached hydrogen (secondary N) is 1. The van der Waals surface area contributed by atoms with Gasteiger partial charge >= 0.3 is 5.97 Å². The fourth-order valence-corrected chi connectivity index (χ4v) is 4.75. The molecule has 0 radical (unpaired) electrons. The smallest absolute Gasteiger partial charge is 0.329 e. The molecule has 0 unspecified atom stereocenters. The van der Waals surface area contributed by atoms with Crippen LogP contribution in [0.5, 0.6) is 11.5 Å². The molecule has 42 heavy (non-hydrogen) atoms. The number of carboxylic acids is 1. The van der Waals surface area contributed by atoms with Crippen LogP contribution in [0.2, 0.25) is 5.02 Å². The van der Waals surface area contributed by atoms with Gasteiger partial charge in [0.2, 0.25) is 16.0 Å². The van der Waals surface area contributed by atoms with Crippen LogP contribution in [0.4, 0.5) is 5.95 Å². The number of carbonyl (C=O) groups is 1. The molecule has 1 atom stereocenters. The molecular formula is C29H33ClN4O7S. The fourth-order valence-electron chi connectivity index (χ4n) is 4.03. The Labute approximate surface area is 250 Å². The van der Waals surface area contributed by atoms with Crippen LogP contribution in [0.1, 0.15) is 54.5 Å². The number of nitrogens with zero attached hydrogens (tertiary/aromatic N) is 3. The predicted molar refractivity (Wildman–Crippen MR) is 157 cm³/mol. The van der Waals surface area contributed by atoms with Crippen LogP contribution in [0.15, 0.2) is 48.7 Å². The Morgan fingerprint density at radius 1 is 1.12 bits per heavy atom. The molecule has 0 spiro atoms. The van der Waals surface area contributed by atoms with Crippen molar-refractivity contribution in [2.75, 3.05) is 30.8 Å². The molecule has 3 aromatic rings. The van der Waals surface area contributed by atoms with Crippen molar-refractivity contribution in [1.82, 2.24) is 9.97 Å². The maximum Gasteiger partial charge on any atom is 0.329 e. The lowest BCUT2D eigenvalue weighted by Crippen LogP contribution is -2.13. The van der Waals surface area contributed by atoms with Gasteiger partial charge in [-0.15, -0.1) is 0 Å². The summed E-state index contributed by atoms with van der Waals surface area (Å²) in [7, 11) is -3.48. The van der Waals surface area contributed by atoms with Gasteiger partial charge in [0.05, 0.1) is 29.1 Å². The summed E-state index contributed by atoms with van der Waals surface area (Å²) in [5.41, 5.74) is 2.88. The highest BCUT2D eigenvalue weighted by Crippen LogP contribution is 2.32. The highest BCUT2D eigenvalue weighted by Gasteiger charge is 2.14. The van der Waals surface area contributed by atoms with E-state index in [1.54, 1.807) is 12.1 Å². The van der Waals surface area contributed by atoms with Crippen LogP contribution in [0.25, 0.3) is 0 Å². The summed E-state index contributed by atoms with van der Waals surface area (Å²) >= 11 is 6.49. The van der Waals surface area contributed by atoms with E-state index in [2.05, 4.69) is 27.7 Å². The number of aliphatic carboxylic acids is 1. The Balaban J connectivity index is 1.51. The summed E-state index contributed by atoms with van der Waals surface area (Å²) in [5, 5.41) is 18.6. The molecule has 0 bridgehead atoms. The lowest BCUT2D eigenvalue weighted by molar-refractivity contribution is -0.142. The van der Waals surface area contributed by atoms with Crippen molar-refractivity contribution in [1.29, 1.82) is 5.26 Å². The van der Waals surface area contributed by atoms with E-state index in [-0.39, 0.29) is 25.1 Å². The van der Waals surface area contributed by atoms with E-state index in [9.17, 15) is 18.5 Å². The van der Waals surface area contributed by atoms with E-state index in [1.165, 1.54) is 6.20 Å². The number of hydrogen-bond donors (Lipinski definition) is 2. The first-order valence-electron chi connectivity index (χ1n) is 13.2. The summed E-state index contributed by atoms with van der Waals surface area (Å²) in [4.78, 5) is 18.5. The highest BCUT2D eigenvalue weighted by molar-refractivity contribution is 7.91. The van der Waals surface area contributed by atoms with Crippen molar-refractivity contribution in [2.45, 2.75) is 45.1 Å². The molecular weight excluding hydrogens is 584 g/mol. The first-order valence-corrected chi connectivity index (χ1v) is 15.5. The van der Waals surface area contributed by atoms with Crippen molar-refractivity contribution in [2.24, 2.45) is 0 Å². The Bertz CT molecular complexity index is 1490. The van der Waals surface area contributed by atoms with E-state index in [4.69, 9.17) is 30.9 Å². The zero-order valence-electron chi connectivity index (χ0n) is 23.4. The second kappa shape index (κ2) is 15.9. The summed E-state index contributed by atoms with van der Waals surface area (Å²) in [6.07, 6.45) is 5.37. The highest BCUT2D eigenvalue weighted by atomic mass is 35.5. The monoisotopic (exact) mass is 616 g/mol. The Hall–Kier alpha value is -3.92. The van der Waals surface area contributed by atoms with Crippen LogP contribution < -0.4 is 14.2 Å². The number of nitriles is 1. The molecule has 11 nitrogen and oxygen atoms in total. The van der Waals surface area contributed by atoms with Crippen molar-refractivity contribution in [3.8, 4) is 17.6 Å². The summed E-state index contributed by atoms with van der Waals surface area (Å²) in [6.45, 7) is 2.67. The van der Waals surface area contributed by atoms with Gasteiger partial charge in [0.15, 0.2) is 5.75 Å². The predicted octanol–water partition coefficient (Wildman–Crippen LogP) is 4.95. The maximum atomic E-state index is 11.4. The molecule has 0 aliphatic rings. The summed E-state index contributed by atoms with van der Waals surface area (Å²) in [5.74, 6) is 0.119. The summed E-state index contributed by atoms with van der Waals surface area (Å²) < 4.78 is 41.6. The molecule has 1 heterocycles. The van der Waals surface area contributed by atoms with Crippen LogP contribution in [0.3, 0.4) is 0 Å². The van der Waals surface area contributed by atoms with Crippen molar-refractivity contribution < 1.29 is 32.5 Å². The standard InChI is InChI=1S/C29H33ClN4O7S/c1-20(22-6-8-25(9-7-22)41-18-24-10-11-32-29(33-24)34-42(2,37)38)14-21-15-23(17-31)28(26(30)16-21)40-13-5-3-4-12-39-19-27(35)36/h6-11,15-16,20H,3-5,12-14,18-19H2,1-2H3,(H,35,36)(H,32,33,34)/t20-/m1/s1. The van der Waals surface area contributed by atoms with Crippen LogP contribution in [0, 0.1) is 11.3 Å². The molecule has 2 N–H and O–H groups in total. The second-order valence-electron chi connectivity index (χ2n) is 9.63. The van der Waals surface area contributed by atoms with Gasteiger partial charge in [-0.2, -0.15) is 5.26 Å². The largest absolute Gasteiger partial charge is 0.491 e. The second-order valence-corrected chi connectivity index (χ2v) is 11.8. The Kier molecular flexibility index (Phi) is 12.3. The molecule has 3 rings (SSSR count). The topological polar surface area (TPSA) is 161 Å². The molecule has 0 amide bonds. The minimum absolute atomic E-state index is 0.0145. The first kappa shape index (κ1) is 32.6. The lowest BCUT2D eigenvalue weighted by Gasteiger charge is -2.16.